The van der Waals surface area contributed by atoms with Crippen molar-refractivity contribution in [2.24, 2.45) is 0 Å². The molecular weight excluding hydrogens is 393 g/mol. The number of hydrogen-bond donors (Lipinski definition) is 1. The maximum absolute atomic E-state index is 13.5. The lowest BCUT2D eigenvalue weighted by molar-refractivity contribution is -0.137. The Morgan fingerprint density at radius 3 is 2.55 bits per heavy atom. The second-order valence-corrected chi connectivity index (χ2v) is 7.87. The number of nitrogens with zero attached hydrogens (tertiary/aromatic N) is 1. The lowest BCUT2D eigenvalue weighted by Crippen LogP contribution is -2.03. The van der Waals surface area contributed by atoms with Crippen LogP contribution in [0.1, 0.15) is 36.0 Å². The van der Waals surface area contributed by atoms with E-state index in [1.54, 1.807) is 6.07 Å². The summed E-state index contributed by atoms with van der Waals surface area (Å²) in [6.45, 7) is 4.21. The molecule has 0 aliphatic rings. The van der Waals surface area contributed by atoms with Crippen molar-refractivity contribution in [1.82, 2.24) is 4.57 Å². The smallest absolute Gasteiger partial charge is 0.303 e. The summed E-state index contributed by atoms with van der Waals surface area (Å²) in [5, 5.41) is 10.0. The molecule has 1 atom stereocenters. The van der Waals surface area contributed by atoms with Crippen LogP contribution in [-0.4, -0.2) is 15.6 Å². The molecule has 0 saturated heterocycles. The maximum Gasteiger partial charge on any atom is 0.303 e. The average molecular weight is 417 g/mol. The van der Waals surface area contributed by atoms with E-state index in [0.717, 1.165) is 39.0 Å². The van der Waals surface area contributed by atoms with E-state index < -0.39 is 5.97 Å². The first-order valence-electron chi connectivity index (χ1n) is 10.2. The number of hydrogen-bond acceptors (Lipinski definition) is 2. The van der Waals surface area contributed by atoms with Crippen LogP contribution in [0.5, 0.6) is 5.75 Å². The molecule has 5 heteroatoms. The molecular formula is C26H24FNO3. The largest absolute Gasteiger partial charge is 0.489 e. The van der Waals surface area contributed by atoms with Gasteiger partial charge in [0.1, 0.15) is 18.2 Å². The van der Waals surface area contributed by atoms with E-state index >= 15 is 0 Å². The van der Waals surface area contributed by atoms with Crippen molar-refractivity contribution >= 4 is 16.9 Å². The number of carbonyl (C=O) groups is 1. The number of benzene rings is 3. The number of rotatable bonds is 7. The molecule has 0 bridgehead atoms. The Balaban J connectivity index is 1.51. The number of fused-ring (bicyclic) bond motifs is 1. The van der Waals surface area contributed by atoms with Gasteiger partial charge in [-0.05, 0) is 77.4 Å². The molecule has 158 valence electrons. The van der Waals surface area contributed by atoms with E-state index in [2.05, 4.69) is 16.7 Å². The van der Waals surface area contributed by atoms with Crippen LogP contribution in [0.2, 0.25) is 0 Å². The highest BCUT2D eigenvalue weighted by atomic mass is 19.1. The van der Waals surface area contributed by atoms with Gasteiger partial charge in [-0.25, -0.2) is 4.39 Å². The van der Waals surface area contributed by atoms with Crippen LogP contribution in [0.25, 0.3) is 16.6 Å². The predicted molar refractivity (Wildman–Crippen MR) is 119 cm³/mol. The van der Waals surface area contributed by atoms with E-state index in [-0.39, 0.29) is 18.2 Å². The van der Waals surface area contributed by atoms with E-state index in [9.17, 15) is 9.18 Å². The Morgan fingerprint density at radius 1 is 1.06 bits per heavy atom. The zero-order chi connectivity index (χ0) is 22.0. The minimum atomic E-state index is -0.802. The first-order chi connectivity index (χ1) is 14.9. The van der Waals surface area contributed by atoms with Crippen molar-refractivity contribution < 1.29 is 19.0 Å². The van der Waals surface area contributed by atoms with Gasteiger partial charge in [0.2, 0.25) is 0 Å². The molecule has 31 heavy (non-hydrogen) atoms. The normalized spacial score (nSPS) is 12.1. The zero-order valence-corrected chi connectivity index (χ0v) is 17.5. The first kappa shape index (κ1) is 20.7. The topological polar surface area (TPSA) is 51.5 Å². The SMILES string of the molecule is Cc1cc(F)ccc1-n1ccc2ccc(COc3ccc(C(C)CC(=O)O)cc3)cc21. The van der Waals surface area contributed by atoms with Gasteiger partial charge in [-0.2, -0.15) is 0 Å². The van der Waals surface area contributed by atoms with Gasteiger partial charge in [0.25, 0.3) is 0 Å². The van der Waals surface area contributed by atoms with Crippen LogP contribution in [0.15, 0.2) is 72.9 Å². The summed E-state index contributed by atoms with van der Waals surface area (Å²) in [5.41, 5.74) is 4.85. The second-order valence-electron chi connectivity index (χ2n) is 7.87. The summed E-state index contributed by atoms with van der Waals surface area (Å²) < 4.78 is 21.5. The number of aromatic nitrogens is 1. The predicted octanol–water partition coefficient (Wildman–Crippen LogP) is 6.24. The van der Waals surface area contributed by atoms with E-state index in [4.69, 9.17) is 9.84 Å². The minimum Gasteiger partial charge on any atom is -0.489 e. The van der Waals surface area contributed by atoms with Gasteiger partial charge in [0.15, 0.2) is 0 Å². The fourth-order valence-corrected chi connectivity index (χ4v) is 3.80. The minimum absolute atomic E-state index is 0.0448. The van der Waals surface area contributed by atoms with Crippen molar-refractivity contribution in [1.29, 1.82) is 0 Å². The van der Waals surface area contributed by atoms with Crippen LogP contribution in [0.4, 0.5) is 4.39 Å². The zero-order valence-electron chi connectivity index (χ0n) is 17.5. The molecule has 4 nitrogen and oxygen atoms in total. The number of aliphatic carboxylic acids is 1. The molecule has 0 aliphatic carbocycles. The fraction of sp³-hybridized carbons (Fsp3) is 0.192. The molecule has 0 radical (unpaired) electrons. The van der Waals surface area contributed by atoms with Gasteiger partial charge >= 0.3 is 5.97 Å². The average Bonchev–Trinajstić information content (AvgIpc) is 3.15. The number of halogens is 1. The molecule has 0 amide bonds. The van der Waals surface area contributed by atoms with Crippen molar-refractivity contribution in [2.45, 2.75) is 32.8 Å². The van der Waals surface area contributed by atoms with Crippen molar-refractivity contribution in [3.8, 4) is 11.4 Å². The number of ether oxygens (including phenoxy) is 1. The van der Waals surface area contributed by atoms with Gasteiger partial charge in [-0.1, -0.05) is 31.2 Å². The Labute approximate surface area is 180 Å². The van der Waals surface area contributed by atoms with E-state index in [0.29, 0.717) is 6.61 Å². The van der Waals surface area contributed by atoms with Gasteiger partial charge in [-0.3, -0.25) is 4.79 Å². The summed E-state index contributed by atoms with van der Waals surface area (Å²) in [6, 6.07) is 20.6. The third-order valence-electron chi connectivity index (χ3n) is 5.51. The molecule has 1 aromatic heterocycles. The Bertz CT molecular complexity index is 1230. The van der Waals surface area contributed by atoms with Crippen LogP contribution < -0.4 is 4.74 Å². The first-order valence-corrected chi connectivity index (χ1v) is 10.2. The quantitative estimate of drug-likeness (QED) is 0.387. The molecule has 0 fully saturated rings. The lowest BCUT2D eigenvalue weighted by atomic mass is 9.98. The Hall–Kier alpha value is -3.60. The van der Waals surface area contributed by atoms with Gasteiger partial charge in [-0.15, -0.1) is 0 Å². The number of carboxylic acids is 1. The highest BCUT2D eigenvalue weighted by molar-refractivity contribution is 5.83. The van der Waals surface area contributed by atoms with Gasteiger partial charge in [0.05, 0.1) is 11.9 Å². The summed E-state index contributed by atoms with van der Waals surface area (Å²) in [5.74, 6) is -0.355. The van der Waals surface area contributed by atoms with E-state index in [1.807, 2.05) is 56.4 Å². The molecule has 3 aromatic carbocycles. The molecule has 0 spiro atoms. The standard InChI is InChI=1S/C26H24FNO3/c1-17(14-26(29)30)20-5-8-23(9-6-20)31-16-19-3-4-21-11-12-28(25(21)15-19)24-10-7-22(27)13-18(24)2/h3-13,15,17H,14,16H2,1-2H3,(H,29,30). The Morgan fingerprint density at radius 2 is 1.84 bits per heavy atom. The summed E-state index contributed by atoms with van der Waals surface area (Å²) in [7, 11) is 0. The fourth-order valence-electron chi connectivity index (χ4n) is 3.80. The number of carboxylic acid groups (broad SMARTS) is 1. The molecule has 1 unspecified atom stereocenters. The highest BCUT2D eigenvalue weighted by Gasteiger charge is 2.11. The van der Waals surface area contributed by atoms with Crippen LogP contribution in [0.3, 0.4) is 0 Å². The summed E-state index contributed by atoms with van der Waals surface area (Å²) in [6.07, 6.45) is 2.10. The van der Waals surface area contributed by atoms with Crippen LogP contribution in [0, 0.1) is 12.7 Å². The third kappa shape index (κ3) is 4.61. The molecule has 1 heterocycles. The maximum atomic E-state index is 13.5. The molecule has 1 N–H and O–H groups in total. The number of aryl methyl sites for hydroxylation is 1. The van der Waals surface area contributed by atoms with Gasteiger partial charge < -0.3 is 14.4 Å². The second kappa shape index (κ2) is 8.64. The third-order valence-corrected chi connectivity index (χ3v) is 5.51. The molecule has 0 aliphatic heterocycles. The van der Waals surface area contributed by atoms with E-state index in [1.165, 1.54) is 12.1 Å². The molecule has 4 aromatic rings. The lowest BCUT2D eigenvalue weighted by Gasteiger charge is -2.12. The summed E-state index contributed by atoms with van der Waals surface area (Å²) >= 11 is 0. The van der Waals surface area contributed by atoms with Crippen LogP contribution >= 0.6 is 0 Å². The molecule has 0 saturated carbocycles. The van der Waals surface area contributed by atoms with Gasteiger partial charge in [0, 0.05) is 11.9 Å². The van der Waals surface area contributed by atoms with Crippen molar-refractivity contribution in [2.75, 3.05) is 0 Å². The van der Waals surface area contributed by atoms with Crippen LogP contribution in [-0.2, 0) is 11.4 Å². The summed E-state index contributed by atoms with van der Waals surface area (Å²) in [4.78, 5) is 10.9. The van der Waals surface area contributed by atoms with Crippen molar-refractivity contribution in [3.63, 3.8) is 0 Å². The molecule has 4 rings (SSSR count). The highest BCUT2D eigenvalue weighted by Crippen LogP contribution is 2.26. The van der Waals surface area contributed by atoms with Crippen molar-refractivity contribution in [3.05, 3.63) is 95.4 Å². The monoisotopic (exact) mass is 417 g/mol. The Kier molecular flexibility index (Phi) is 5.76.